The molecule has 1 aromatic carbocycles. The molecule has 0 amide bonds. The van der Waals surface area contributed by atoms with E-state index < -0.39 is 0 Å². The topological polar surface area (TPSA) is 44.7 Å². The van der Waals surface area contributed by atoms with Gasteiger partial charge in [-0.3, -0.25) is 4.90 Å². The first-order chi connectivity index (χ1) is 10.8. The summed E-state index contributed by atoms with van der Waals surface area (Å²) < 4.78 is 5.59. The number of aromatic hydroxyl groups is 1. The summed E-state index contributed by atoms with van der Waals surface area (Å²) in [5.41, 5.74) is 1.24. The van der Waals surface area contributed by atoms with E-state index in [-0.39, 0.29) is 5.75 Å². The Morgan fingerprint density at radius 1 is 1.18 bits per heavy atom. The van der Waals surface area contributed by atoms with Crippen molar-refractivity contribution in [2.45, 2.75) is 38.1 Å². The van der Waals surface area contributed by atoms with E-state index in [1.807, 2.05) is 0 Å². The zero-order chi connectivity index (χ0) is 15.4. The van der Waals surface area contributed by atoms with Gasteiger partial charge in [0.05, 0.1) is 7.11 Å². The van der Waals surface area contributed by atoms with E-state index in [0.29, 0.717) is 12.0 Å². The number of phenolic OH excluding ortho intramolecular Hbond substituents is 1. The molecule has 0 spiro atoms. The van der Waals surface area contributed by atoms with Gasteiger partial charge in [-0.05, 0) is 24.8 Å². The van der Waals surface area contributed by atoms with Gasteiger partial charge in [0.25, 0.3) is 0 Å². The molecule has 0 unspecified atom stereocenters. The number of nitrogens with zero attached hydrogens (tertiary/aromatic N) is 1. The Labute approximate surface area is 133 Å². The molecule has 1 aromatic rings. The third-order valence-electron chi connectivity index (χ3n) is 5.18. The fourth-order valence-electron chi connectivity index (χ4n) is 4.10. The molecule has 22 heavy (non-hydrogen) atoms. The summed E-state index contributed by atoms with van der Waals surface area (Å²) in [5, 5.41) is 13.2. The Hall–Kier alpha value is -1.26. The van der Waals surface area contributed by atoms with E-state index in [1.165, 1.54) is 37.7 Å². The first-order valence-corrected chi connectivity index (χ1v) is 8.61. The fourth-order valence-corrected chi connectivity index (χ4v) is 4.10. The van der Waals surface area contributed by atoms with Crippen LogP contribution in [0.15, 0.2) is 18.2 Å². The SMILES string of the molecule is COc1cc(O)ccc1[C@H](C1CCCCC1)N1CCNCC1. The molecule has 1 aliphatic heterocycles. The van der Waals surface area contributed by atoms with Crippen LogP contribution < -0.4 is 10.1 Å². The van der Waals surface area contributed by atoms with Gasteiger partial charge in [-0.1, -0.05) is 25.3 Å². The van der Waals surface area contributed by atoms with Crippen molar-refractivity contribution in [1.82, 2.24) is 10.2 Å². The zero-order valence-corrected chi connectivity index (χ0v) is 13.6. The van der Waals surface area contributed by atoms with Crippen LogP contribution in [0.5, 0.6) is 11.5 Å². The van der Waals surface area contributed by atoms with Crippen LogP contribution in [0.4, 0.5) is 0 Å². The Bertz CT molecular complexity index is 462. The lowest BCUT2D eigenvalue weighted by atomic mass is 9.80. The minimum atomic E-state index is 0.281. The molecule has 3 rings (SSSR count). The maximum Gasteiger partial charge on any atom is 0.127 e. The lowest BCUT2D eigenvalue weighted by Gasteiger charge is -2.41. The molecule has 0 bridgehead atoms. The van der Waals surface area contributed by atoms with Gasteiger partial charge in [-0.15, -0.1) is 0 Å². The highest BCUT2D eigenvalue weighted by Gasteiger charge is 2.32. The summed E-state index contributed by atoms with van der Waals surface area (Å²) in [7, 11) is 1.70. The average molecular weight is 304 g/mol. The van der Waals surface area contributed by atoms with Crippen molar-refractivity contribution in [3.05, 3.63) is 23.8 Å². The van der Waals surface area contributed by atoms with Crippen LogP contribution >= 0.6 is 0 Å². The fraction of sp³-hybridized carbons (Fsp3) is 0.667. The molecular formula is C18H28N2O2. The molecule has 1 atom stereocenters. The predicted octanol–water partition coefficient (Wildman–Crippen LogP) is 2.93. The largest absolute Gasteiger partial charge is 0.508 e. The van der Waals surface area contributed by atoms with Crippen LogP contribution in [0, 0.1) is 5.92 Å². The number of hydrogen-bond acceptors (Lipinski definition) is 4. The maximum absolute atomic E-state index is 9.77. The number of methoxy groups -OCH3 is 1. The van der Waals surface area contributed by atoms with Crippen molar-refractivity contribution < 1.29 is 9.84 Å². The van der Waals surface area contributed by atoms with Crippen LogP contribution in [-0.2, 0) is 0 Å². The lowest BCUT2D eigenvalue weighted by Crippen LogP contribution is -2.47. The van der Waals surface area contributed by atoms with Crippen LogP contribution in [0.25, 0.3) is 0 Å². The summed E-state index contributed by atoms with van der Waals surface area (Å²) in [6.45, 7) is 4.30. The van der Waals surface area contributed by atoms with Gasteiger partial charge < -0.3 is 15.2 Å². The molecule has 1 saturated carbocycles. The number of ether oxygens (including phenoxy) is 1. The Morgan fingerprint density at radius 2 is 1.91 bits per heavy atom. The van der Waals surface area contributed by atoms with Gasteiger partial charge in [0.15, 0.2) is 0 Å². The van der Waals surface area contributed by atoms with Crippen molar-refractivity contribution in [3.8, 4) is 11.5 Å². The third-order valence-corrected chi connectivity index (χ3v) is 5.18. The minimum absolute atomic E-state index is 0.281. The second kappa shape index (κ2) is 7.34. The summed E-state index contributed by atoms with van der Waals surface area (Å²) in [6.07, 6.45) is 6.66. The van der Waals surface area contributed by atoms with Gasteiger partial charge in [0, 0.05) is 43.9 Å². The van der Waals surface area contributed by atoms with Gasteiger partial charge >= 0.3 is 0 Å². The summed E-state index contributed by atoms with van der Waals surface area (Å²) >= 11 is 0. The number of phenols is 1. The van der Waals surface area contributed by atoms with E-state index in [9.17, 15) is 5.11 Å². The molecule has 1 saturated heterocycles. The second-order valence-corrected chi connectivity index (χ2v) is 6.56. The van der Waals surface area contributed by atoms with Crippen molar-refractivity contribution in [2.24, 2.45) is 5.92 Å². The Morgan fingerprint density at radius 3 is 2.59 bits per heavy atom. The molecule has 2 aliphatic rings. The monoisotopic (exact) mass is 304 g/mol. The molecule has 2 N–H and O–H groups in total. The molecule has 1 aliphatic carbocycles. The maximum atomic E-state index is 9.77. The summed E-state index contributed by atoms with van der Waals surface area (Å²) in [4.78, 5) is 2.61. The summed E-state index contributed by atoms with van der Waals surface area (Å²) in [5.74, 6) is 1.81. The highest BCUT2D eigenvalue weighted by atomic mass is 16.5. The van der Waals surface area contributed by atoms with Crippen LogP contribution in [-0.4, -0.2) is 43.3 Å². The molecular weight excluding hydrogens is 276 g/mol. The van der Waals surface area contributed by atoms with E-state index in [4.69, 9.17) is 4.74 Å². The number of rotatable bonds is 4. The van der Waals surface area contributed by atoms with Crippen LogP contribution in [0.2, 0.25) is 0 Å². The molecule has 122 valence electrons. The van der Waals surface area contributed by atoms with Crippen LogP contribution in [0.3, 0.4) is 0 Å². The van der Waals surface area contributed by atoms with E-state index in [0.717, 1.165) is 31.9 Å². The zero-order valence-electron chi connectivity index (χ0n) is 13.6. The number of benzene rings is 1. The number of piperazine rings is 1. The van der Waals surface area contributed by atoms with Crippen molar-refractivity contribution in [3.63, 3.8) is 0 Å². The first kappa shape index (κ1) is 15.6. The first-order valence-electron chi connectivity index (χ1n) is 8.61. The molecule has 0 aromatic heterocycles. The number of nitrogens with one attached hydrogen (secondary N) is 1. The molecule has 2 fully saturated rings. The second-order valence-electron chi connectivity index (χ2n) is 6.56. The number of hydrogen-bond donors (Lipinski definition) is 2. The highest BCUT2D eigenvalue weighted by molar-refractivity contribution is 5.42. The smallest absolute Gasteiger partial charge is 0.127 e. The summed E-state index contributed by atoms with van der Waals surface area (Å²) in [6, 6.07) is 6.04. The minimum Gasteiger partial charge on any atom is -0.508 e. The van der Waals surface area contributed by atoms with Gasteiger partial charge in [0.1, 0.15) is 11.5 Å². The Kier molecular flexibility index (Phi) is 5.21. The van der Waals surface area contributed by atoms with Crippen molar-refractivity contribution in [2.75, 3.05) is 33.3 Å². The van der Waals surface area contributed by atoms with Gasteiger partial charge in [-0.25, -0.2) is 0 Å². The third kappa shape index (κ3) is 3.39. The highest BCUT2D eigenvalue weighted by Crippen LogP contribution is 2.42. The van der Waals surface area contributed by atoms with Crippen molar-refractivity contribution >= 4 is 0 Å². The molecule has 4 heteroatoms. The lowest BCUT2D eigenvalue weighted by molar-refractivity contribution is 0.101. The van der Waals surface area contributed by atoms with Gasteiger partial charge in [-0.2, -0.15) is 0 Å². The Balaban J connectivity index is 1.92. The quantitative estimate of drug-likeness (QED) is 0.898. The van der Waals surface area contributed by atoms with E-state index >= 15 is 0 Å². The average Bonchev–Trinajstić information content (AvgIpc) is 2.58. The van der Waals surface area contributed by atoms with E-state index in [2.05, 4.69) is 16.3 Å². The molecule has 0 radical (unpaired) electrons. The van der Waals surface area contributed by atoms with Gasteiger partial charge in [0.2, 0.25) is 0 Å². The standard InChI is InChI=1S/C18H28N2O2/c1-22-17-13-15(21)7-8-16(17)18(14-5-3-2-4-6-14)20-11-9-19-10-12-20/h7-8,13-14,18-19,21H,2-6,9-12H2,1H3/t18-/m0/s1. The predicted molar refractivity (Wildman–Crippen MR) is 88.4 cm³/mol. The van der Waals surface area contributed by atoms with Crippen molar-refractivity contribution in [1.29, 1.82) is 0 Å². The van der Waals surface area contributed by atoms with Crippen LogP contribution in [0.1, 0.15) is 43.7 Å². The molecule has 1 heterocycles. The molecule has 4 nitrogen and oxygen atoms in total. The van der Waals surface area contributed by atoms with E-state index in [1.54, 1.807) is 19.2 Å². The normalized spacial score (nSPS) is 22.4.